The van der Waals surface area contributed by atoms with Gasteiger partial charge < -0.3 is 4.90 Å². The average molecular weight is 401 g/mol. The highest BCUT2D eigenvalue weighted by Gasteiger charge is 2.60. The molecular weight excluding hydrogens is 380 g/mol. The topological polar surface area (TPSA) is 40.6 Å². The maximum absolute atomic E-state index is 13.9. The maximum Gasteiger partial charge on any atom is 0.269 e. The van der Waals surface area contributed by atoms with Crippen molar-refractivity contribution in [1.29, 1.82) is 0 Å². The van der Waals surface area contributed by atoms with Crippen molar-refractivity contribution in [1.82, 2.24) is 0 Å². The molecule has 0 aliphatic carbocycles. The molecule has 1 spiro atoms. The maximum atomic E-state index is 13.9. The first-order chi connectivity index (χ1) is 14.1. The summed E-state index contributed by atoms with van der Waals surface area (Å²) in [6, 6.07) is 25.6. The number of para-hydroxylation sites is 1. The number of amides is 2. The summed E-state index contributed by atoms with van der Waals surface area (Å²) < 4.78 is 0. The van der Waals surface area contributed by atoms with E-state index in [1.165, 1.54) is 11.8 Å². The number of carbonyl (C=O) groups excluding carboxylic acids is 2. The first kappa shape index (κ1) is 18.0. The predicted molar refractivity (Wildman–Crippen MR) is 117 cm³/mol. The van der Waals surface area contributed by atoms with E-state index < -0.39 is 4.87 Å². The van der Waals surface area contributed by atoms with Crippen LogP contribution in [0.1, 0.15) is 16.7 Å². The zero-order valence-electron chi connectivity index (χ0n) is 16.0. The Morgan fingerprint density at radius 3 is 2.34 bits per heavy atom. The molecule has 2 amide bonds. The molecule has 3 aromatic rings. The fraction of sp³-hybridized carbons (Fsp3) is 0.167. The van der Waals surface area contributed by atoms with Crippen molar-refractivity contribution in [2.45, 2.75) is 18.3 Å². The lowest BCUT2D eigenvalue weighted by Crippen LogP contribution is -2.49. The number of rotatable bonds is 3. The molecule has 0 saturated carbocycles. The summed E-state index contributed by atoms with van der Waals surface area (Å²) >= 11 is 1.42. The van der Waals surface area contributed by atoms with E-state index in [1.54, 1.807) is 4.90 Å². The van der Waals surface area contributed by atoms with Crippen LogP contribution in [-0.2, 0) is 21.0 Å². The zero-order valence-corrected chi connectivity index (χ0v) is 16.9. The highest BCUT2D eigenvalue weighted by molar-refractivity contribution is 8.02. The lowest BCUT2D eigenvalue weighted by Gasteiger charge is -2.33. The second kappa shape index (κ2) is 6.78. The molecule has 1 saturated heterocycles. The molecule has 0 radical (unpaired) electrons. The molecule has 1 unspecified atom stereocenters. The van der Waals surface area contributed by atoms with E-state index in [4.69, 9.17) is 0 Å². The van der Waals surface area contributed by atoms with E-state index in [0.29, 0.717) is 6.54 Å². The Kier molecular flexibility index (Phi) is 4.21. The lowest BCUT2D eigenvalue weighted by atomic mass is 10.0. The molecule has 0 aromatic heterocycles. The highest BCUT2D eigenvalue weighted by atomic mass is 32.2. The van der Waals surface area contributed by atoms with E-state index in [0.717, 1.165) is 28.1 Å². The molecule has 1 fully saturated rings. The van der Waals surface area contributed by atoms with Crippen LogP contribution < -0.4 is 9.80 Å². The molecular formula is C24H20N2O2S. The number of fused-ring (bicyclic) bond motifs is 2. The number of hydrogen-bond acceptors (Lipinski definition) is 3. The number of nitrogens with zero attached hydrogens (tertiary/aromatic N) is 2. The van der Waals surface area contributed by atoms with Crippen LogP contribution in [0.5, 0.6) is 0 Å². The Morgan fingerprint density at radius 1 is 0.897 bits per heavy atom. The van der Waals surface area contributed by atoms with Gasteiger partial charge in [-0.3, -0.25) is 14.5 Å². The van der Waals surface area contributed by atoms with Crippen molar-refractivity contribution < 1.29 is 9.59 Å². The van der Waals surface area contributed by atoms with Crippen LogP contribution in [0.25, 0.3) is 0 Å². The number of anilines is 2. The van der Waals surface area contributed by atoms with Crippen molar-refractivity contribution in [2.75, 3.05) is 15.6 Å². The molecule has 5 heteroatoms. The van der Waals surface area contributed by atoms with E-state index in [1.807, 2.05) is 90.7 Å². The third-order valence-corrected chi connectivity index (χ3v) is 6.93. The van der Waals surface area contributed by atoms with Gasteiger partial charge in [0.25, 0.3) is 5.91 Å². The summed E-state index contributed by atoms with van der Waals surface area (Å²) in [5.74, 6) is 0.190. The number of hydrogen-bond donors (Lipinski definition) is 0. The smallest absolute Gasteiger partial charge is 0.269 e. The third kappa shape index (κ3) is 2.69. The molecule has 144 valence electrons. The first-order valence-electron chi connectivity index (χ1n) is 9.60. The minimum atomic E-state index is -1.04. The second-order valence-electron chi connectivity index (χ2n) is 7.39. The largest absolute Gasteiger partial charge is 0.304 e. The Hall–Kier alpha value is -3.05. The molecule has 2 aliphatic rings. The van der Waals surface area contributed by atoms with Crippen molar-refractivity contribution in [2.24, 2.45) is 0 Å². The van der Waals surface area contributed by atoms with Crippen LogP contribution in [0.3, 0.4) is 0 Å². The van der Waals surface area contributed by atoms with Crippen LogP contribution >= 0.6 is 11.8 Å². The monoisotopic (exact) mass is 400 g/mol. The summed E-state index contributed by atoms with van der Waals surface area (Å²) in [6.45, 7) is 2.49. The summed E-state index contributed by atoms with van der Waals surface area (Å²) in [7, 11) is 0. The Bertz CT molecular complexity index is 1100. The second-order valence-corrected chi connectivity index (χ2v) is 8.56. The molecule has 5 rings (SSSR count). The molecule has 0 N–H and O–H groups in total. The van der Waals surface area contributed by atoms with Crippen molar-refractivity contribution >= 4 is 35.0 Å². The summed E-state index contributed by atoms with van der Waals surface area (Å²) in [6.07, 6.45) is 0. The van der Waals surface area contributed by atoms with Crippen molar-refractivity contribution in [3.8, 4) is 0 Å². The van der Waals surface area contributed by atoms with E-state index in [9.17, 15) is 9.59 Å². The summed E-state index contributed by atoms with van der Waals surface area (Å²) in [5, 5.41) is 0. The molecule has 0 bridgehead atoms. The number of benzene rings is 3. The third-order valence-electron chi connectivity index (χ3n) is 5.54. The highest BCUT2D eigenvalue weighted by Crippen LogP contribution is 2.55. The van der Waals surface area contributed by atoms with Gasteiger partial charge in [-0.15, -0.1) is 11.8 Å². The number of thioether (sulfide) groups is 1. The minimum Gasteiger partial charge on any atom is -0.304 e. The van der Waals surface area contributed by atoms with Crippen LogP contribution in [0.2, 0.25) is 0 Å². The Balaban J connectivity index is 1.65. The summed E-state index contributed by atoms with van der Waals surface area (Å²) in [4.78, 5) is 29.3. The van der Waals surface area contributed by atoms with Gasteiger partial charge in [0.1, 0.15) is 0 Å². The van der Waals surface area contributed by atoms with Gasteiger partial charge in [-0.05, 0) is 30.7 Å². The Labute approximate surface area is 174 Å². The van der Waals surface area contributed by atoms with Crippen molar-refractivity contribution in [3.63, 3.8) is 0 Å². The quantitative estimate of drug-likeness (QED) is 0.651. The molecule has 2 heterocycles. The van der Waals surface area contributed by atoms with E-state index >= 15 is 0 Å². The fourth-order valence-corrected chi connectivity index (χ4v) is 5.53. The standard InChI is InChI=1S/C24H20N2O2S/c1-17-11-13-19(14-12-17)26-22(27)16-29-24(26)20-9-5-6-10-21(20)25(23(24)28)15-18-7-3-2-4-8-18/h2-14H,15-16H2,1H3. The zero-order chi connectivity index (χ0) is 20.0. The van der Waals surface area contributed by atoms with Gasteiger partial charge in [-0.25, -0.2) is 0 Å². The minimum absolute atomic E-state index is 0.0384. The molecule has 2 aliphatic heterocycles. The molecule has 29 heavy (non-hydrogen) atoms. The van der Waals surface area contributed by atoms with Gasteiger partial charge in [-0.2, -0.15) is 0 Å². The van der Waals surface area contributed by atoms with Crippen molar-refractivity contribution in [3.05, 3.63) is 95.6 Å². The van der Waals surface area contributed by atoms with Gasteiger partial charge >= 0.3 is 0 Å². The fourth-order valence-electron chi connectivity index (χ4n) is 4.17. The van der Waals surface area contributed by atoms with Crippen LogP contribution in [0, 0.1) is 6.92 Å². The lowest BCUT2D eigenvalue weighted by molar-refractivity contribution is -0.123. The van der Waals surface area contributed by atoms with E-state index in [2.05, 4.69) is 0 Å². The Morgan fingerprint density at radius 2 is 1.59 bits per heavy atom. The predicted octanol–water partition coefficient (Wildman–Crippen LogP) is 4.47. The molecule has 1 atom stereocenters. The van der Waals surface area contributed by atoms with Crippen LogP contribution in [0.4, 0.5) is 11.4 Å². The van der Waals surface area contributed by atoms with Gasteiger partial charge in [0.2, 0.25) is 10.8 Å². The van der Waals surface area contributed by atoms with Gasteiger partial charge in [-0.1, -0.05) is 66.2 Å². The average Bonchev–Trinajstić information content (AvgIpc) is 3.21. The normalized spacial score (nSPS) is 20.6. The van der Waals surface area contributed by atoms with Gasteiger partial charge in [0.05, 0.1) is 18.0 Å². The summed E-state index contributed by atoms with van der Waals surface area (Å²) in [5.41, 5.74) is 4.70. The number of aryl methyl sites for hydroxylation is 1. The molecule has 3 aromatic carbocycles. The van der Waals surface area contributed by atoms with Gasteiger partial charge in [0, 0.05) is 11.3 Å². The SMILES string of the molecule is Cc1ccc(N2C(=O)CSC23C(=O)N(Cc2ccccc2)c2ccccc23)cc1. The molecule has 4 nitrogen and oxygen atoms in total. The van der Waals surface area contributed by atoms with Crippen LogP contribution in [0.15, 0.2) is 78.9 Å². The first-order valence-corrected chi connectivity index (χ1v) is 10.6. The van der Waals surface area contributed by atoms with E-state index in [-0.39, 0.29) is 17.6 Å². The number of carbonyl (C=O) groups is 2. The van der Waals surface area contributed by atoms with Gasteiger partial charge in [0.15, 0.2) is 0 Å². The van der Waals surface area contributed by atoms with Crippen LogP contribution in [-0.4, -0.2) is 17.6 Å².